The van der Waals surface area contributed by atoms with E-state index < -0.39 is 11.9 Å². The van der Waals surface area contributed by atoms with Gasteiger partial charge in [0.15, 0.2) is 5.82 Å². The molecule has 2 N–H and O–H groups in total. The molecule has 0 unspecified atom stereocenters. The molecule has 1 aromatic carbocycles. The first-order valence-corrected chi connectivity index (χ1v) is 6.62. The zero-order chi connectivity index (χ0) is 16.2. The second-order valence-corrected chi connectivity index (χ2v) is 4.55. The smallest absolute Gasteiger partial charge is 0.354 e. The van der Waals surface area contributed by atoms with Crippen molar-refractivity contribution < 1.29 is 14.7 Å². The minimum atomic E-state index is -1.15. The summed E-state index contributed by atoms with van der Waals surface area (Å²) in [6.45, 7) is 0. The summed E-state index contributed by atoms with van der Waals surface area (Å²) in [5, 5.41) is 19.6. The average Bonchev–Trinajstić information content (AvgIpc) is 3.04. The van der Waals surface area contributed by atoms with Crippen LogP contribution in [-0.2, 0) is 0 Å². The van der Waals surface area contributed by atoms with Crippen molar-refractivity contribution in [3.05, 3.63) is 66.1 Å². The lowest BCUT2D eigenvalue weighted by molar-refractivity contribution is 0.0690. The number of nitrogens with zero attached hydrogens (tertiary/aromatic N) is 4. The van der Waals surface area contributed by atoms with Crippen LogP contribution in [0.3, 0.4) is 0 Å². The lowest BCUT2D eigenvalue weighted by Gasteiger charge is -2.02. The summed E-state index contributed by atoms with van der Waals surface area (Å²) in [6, 6.07) is 11.9. The van der Waals surface area contributed by atoms with E-state index in [-0.39, 0.29) is 17.1 Å². The molecule has 3 aromatic rings. The van der Waals surface area contributed by atoms with Crippen LogP contribution in [0.1, 0.15) is 20.8 Å². The number of pyridine rings is 1. The number of carboxylic acids is 1. The first-order chi connectivity index (χ1) is 11.1. The summed E-state index contributed by atoms with van der Waals surface area (Å²) < 4.78 is 0. The fraction of sp³-hybridized carbons (Fsp3) is 0. The molecule has 2 aromatic heterocycles. The number of hydrogen-bond donors (Lipinski definition) is 2. The molecule has 2 heterocycles. The highest BCUT2D eigenvalue weighted by molar-refractivity contribution is 6.03. The van der Waals surface area contributed by atoms with Crippen molar-refractivity contribution in [3.63, 3.8) is 0 Å². The van der Waals surface area contributed by atoms with E-state index in [1.165, 1.54) is 29.3 Å². The number of carboxylic acid groups (broad SMARTS) is 1. The molecule has 23 heavy (non-hydrogen) atoms. The van der Waals surface area contributed by atoms with Crippen LogP contribution >= 0.6 is 0 Å². The number of rotatable bonds is 4. The number of amides is 1. The highest BCUT2D eigenvalue weighted by Gasteiger charge is 2.11. The van der Waals surface area contributed by atoms with Crippen LogP contribution in [0.2, 0.25) is 0 Å². The molecule has 0 saturated heterocycles. The van der Waals surface area contributed by atoms with Gasteiger partial charge in [-0.05, 0) is 24.3 Å². The average molecular weight is 309 g/mol. The third-order valence-electron chi connectivity index (χ3n) is 2.97. The molecule has 0 spiro atoms. The molecular weight excluding hydrogens is 298 g/mol. The summed E-state index contributed by atoms with van der Waals surface area (Å²) in [5.74, 6) is -1.32. The van der Waals surface area contributed by atoms with E-state index in [0.29, 0.717) is 0 Å². The molecule has 8 nitrogen and oxygen atoms in total. The Balaban J connectivity index is 1.73. The topological polar surface area (TPSA) is 110 Å². The maximum atomic E-state index is 12.1. The second kappa shape index (κ2) is 6.06. The Hall–Kier alpha value is -3.55. The molecule has 3 rings (SSSR count). The Morgan fingerprint density at radius 3 is 2.48 bits per heavy atom. The molecular formula is C15H11N5O3. The summed E-state index contributed by atoms with van der Waals surface area (Å²) in [7, 11) is 0. The van der Waals surface area contributed by atoms with Crippen LogP contribution in [0, 0.1) is 0 Å². The number of aromatic carboxylic acids is 1. The van der Waals surface area contributed by atoms with Gasteiger partial charge in [-0.25, -0.2) is 9.78 Å². The predicted molar refractivity (Wildman–Crippen MR) is 80.5 cm³/mol. The van der Waals surface area contributed by atoms with E-state index in [1.807, 2.05) is 30.3 Å². The molecule has 0 bridgehead atoms. The number of carbonyl (C=O) groups is 2. The van der Waals surface area contributed by atoms with Crippen molar-refractivity contribution in [1.29, 1.82) is 0 Å². The van der Waals surface area contributed by atoms with Gasteiger partial charge in [-0.15, -0.1) is 9.90 Å². The SMILES string of the molecule is O=C(Nc1cnn(-c2ccccc2)n1)c1ccc(C(=O)O)nc1. The van der Waals surface area contributed by atoms with Crippen LogP contribution in [-0.4, -0.2) is 37.0 Å². The molecule has 0 aliphatic carbocycles. The fourth-order valence-electron chi connectivity index (χ4n) is 1.85. The Morgan fingerprint density at radius 1 is 1.04 bits per heavy atom. The van der Waals surface area contributed by atoms with E-state index in [9.17, 15) is 9.59 Å². The summed E-state index contributed by atoms with van der Waals surface area (Å²) in [4.78, 5) is 27.9. The van der Waals surface area contributed by atoms with Crippen LogP contribution in [0.4, 0.5) is 5.82 Å². The summed E-state index contributed by atoms with van der Waals surface area (Å²) in [5.41, 5.74) is 0.862. The number of carbonyl (C=O) groups excluding carboxylic acids is 1. The van der Waals surface area contributed by atoms with E-state index in [0.717, 1.165) is 5.69 Å². The monoisotopic (exact) mass is 309 g/mol. The molecule has 1 amide bonds. The summed E-state index contributed by atoms with van der Waals surface area (Å²) in [6.07, 6.45) is 2.62. The Labute approximate surface area is 130 Å². The number of aromatic nitrogens is 4. The van der Waals surface area contributed by atoms with Gasteiger partial charge in [0.2, 0.25) is 0 Å². The maximum Gasteiger partial charge on any atom is 0.354 e. The lowest BCUT2D eigenvalue weighted by atomic mass is 10.2. The highest BCUT2D eigenvalue weighted by Crippen LogP contribution is 2.09. The van der Waals surface area contributed by atoms with Crippen LogP contribution in [0.25, 0.3) is 5.69 Å². The molecule has 0 atom stereocenters. The number of benzene rings is 1. The van der Waals surface area contributed by atoms with E-state index in [1.54, 1.807) is 0 Å². The summed E-state index contributed by atoms with van der Waals surface area (Å²) >= 11 is 0. The quantitative estimate of drug-likeness (QED) is 0.757. The fourth-order valence-corrected chi connectivity index (χ4v) is 1.85. The van der Waals surface area contributed by atoms with Crippen LogP contribution in [0.15, 0.2) is 54.9 Å². The van der Waals surface area contributed by atoms with Gasteiger partial charge in [0.05, 0.1) is 17.4 Å². The Morgan fingerprint density at radius 2 is 1.83 bits per heavy atom. The molecule has 0 aliphatic heterocycles. The van der Waals surface area contributed by atoms with Gasteiger partial charge in [0.25, 0.3) is 5.91 Å². The maximum absolute atomic E-state index is 12.1. The molecule has 0 aliphatic rings. The number of nitrogens with one attached hydrogen (secondary N) is 1. The van der Waals surface area contributed by atoms with Gasteiger partial charge in [0.1, 0.15) is 5.69 Å². The van der Waals surface area contributed by atoms with Gasteiger partial charge in [-0.1, -0.05) is 18.2 Å². The predicted octanol–water partition coefficient (Wildman–Crippen LogP) is 1.61. The Kier molecular flexibility index (Phi) is 3.79. The first-order valence-electron chi connectivity index (χ1n) is 6.62. The zero-order valence-electron chi connectivity index (χ0n) is 11.7. The van der Waals surface area contributed by atoms with Gasteiger partial charge in [0, 0.05) is 6.20 Å². The van der Waals surface area contributed by atoms with Crippen LogP contribution in [0.5, 0.6) is 0 Å². The van der Waals surface area contributed by atoms with Gasteiger partial charge in [-0.3, -0.25) is 4.79 Å². The number of anilines is 1. The zero-order valence-corrected chi connectivity index (χ0v) is 11.7. The van der Waals surface area contributed by atoms with Crippen molar-refractivity contribution in [2.24, 2.45) is 0 Å². The molecule has 8 heteroatoms. The van der Waals surface area contributed by atoms with Crippen molar-refractivity contribution in [2.75, 3.05) is 5.32 Å². The van der Waals surface area contributed by atoms with Gasteiger partial charge >= 0.3 is 5.97 Å². The normalized spacial score (nSPS) is 10.3. The minimum Gasteiger partial charge on any atom is -0.477 e. The van der Waals surface area contributed by atoms with E-state index >= 15 is 0 Å². The van der Waals surface area contributed by atoms with Crippen molar-refractivity contribution in [2.45, 2.75) is 0 Å². The lowest BCUT2D eigenvalue weighted by Crippen LogP contribution is -2.13. The third-order valence-corrected chi connectivity index (χ3v) is 2.97. The van der Waals surface area contributed by atoms with Crippen molar-refractivity contribution in [3.8, 4) is 5.69 Å². The third kappa shape index (κ3) is 3.21. The molecule has 0 fully saturated rings. The van der Waals surface area contributed by atoms with E-state index in [4.69, 9.17) is 5.11 Å². The van der Waals surface area contributed by atoms with Gasteiger partial charge < -0.3 is 10.4 Å². The largest absolute Gasteiger partial charge is 0.477 e. The van der Waals surface area contributed by atoms with Crippen LogP contribution < -0.4 is 5.32 Å². The van der Waals surface area contributed by atoms with Crippen molar-refractivity contribution in [1.82, 2.24) is 20.0 Å². The van der Waals surface area contributed by atoms with Crippen molar-refractivity contribution >= 4 is 17.7 Å². The Bertz CT molecular complexity index is 843. The van der Waals surface area contributed by atoms with Gasteiger partial charge in [-0.2, -0.15) is 5.10 Å². The molecule has 114 valence electrons. The number of para-hydroxylation sites is 1. The highest BCUT2D eigenvalue weighted by atomic mass is 16.4. The standard InChI is InChI=1S/C15H11N5O3/c21-14(10-6-7-12(15(22)23)16-8-10)18-13-9-17-20(19-13)11-4-2-1-3-5-11/h1-9H,(H,22,23)(H,18,19,21). The first kappa shape index (κ1) is 14.4. The van der Waals surface area contributed by atoms with E-state index in [2.05, 4.69) is 20.5 Å². The molecule has 0 saturated carbocycles. The molecule has 0 radical (unpaired) electrons. The minimum absolute atomic E-state index is 0.128. The number of hydrogen-bond acceptors (Lipinski definition) is 5. The second-order valence-electron chi connectivity index (χ2n) is 4.55.